The van der Waals surface area contributed by atoms with Gasteiger partial charge in [0.2, 0.25) is 0 Å². The van der Waals surface area contributed by atoms with Gasteiger partial charge in [-0.15, -0.1) is 6.58 Å². The standard InChI is InChI=1S/C31H29F3/c1-2-3-4-23-7-13-26(14-8-23)28-17-19-29(20-18-28)27-15-9-24(10-16-27)5-6-25-11-21-30(22-12-25)31(32,33)34/h2,7-16,21-22,28-29H,1,3-4,17-20H2. The van der Waals surface area contributed by atoms with Gasteiger partial charge in [-0.25, -0.2) is 0 Å². The Hall–Kier alpha value is -3.25. The molecule has 1 aliphatic carbocycles. The van der Waals surface area contributed by atoms with Gasteiger partial charge in [0.1, 0.15) is 0 Å². The lowest BCUT2D eigenvalue weighted by atomic mass is 9.76. The Labute approximate surface area is 200 Å². The molecule has 174 valence electrons. The van der Waals surface area contributed by atoms with Crippen LogP contribution in [0.3, 0.4) is 0 Å². The van der Waals surface area contributed by atoms with Gasteiger partial charge in [-0.3, -0.25) is 0 Å². The van der Waals surface area contributed by atoms with Crippen molar-refractivity contribution in [3.8, 4) is 11.8 Å². The summed E-state index contributed by atoms with van der Waals surface area (Å²) < 4.78 is 38.0. The lowest BCUT2D eigenvalue weighted by Crippen LogP contribution is -2.12. The summed E-state index contributed by atoms with van der Waals surface area (Å²) in [6.07, 6.45) is 4.48. The molecular formula is C31H29F3. The summed E-state index contributed by atoms with van der Waals surface area (Å²) >= 11 is 0. The van der Waals surface area contributed by atoms with E-state index in [1.54, 1.807) is 0 Å². The van der Waals surface area contributed by atoms with Crippen molar-refractivity contribution in [2.45, 2.75) is 56.5 Å². The van der Waals surface area contributed by atoms with E-state index in [1.807, 2.05) is 18.2 Å². The smallest absolute Gasteiger partial charge is 0.166 e. The van der Waals surface area contributed by atoms with E-state index >= 15 is 0 Å². The van der Waals surface area contributed by atoms with E-state index < -0.39 is 11.7 Å². The predicted octanol–water partition coefficient (Wildman–Crippen LogP) is 8.67. The fraction of sp³-hybridized carbons (Fsp3) is 0.290. The zero-order chi connectivity index (χ0) is 24.0. The van der Waals surface area contributed by atoms with Crippen LogP contribution in [0.5, 0.6) is 0 Å². The molecular weight excluding hydrogens is 429 g/mol. The SMILES string of the molecule is C=CCCc1ccc(C2CCC(c3ccc(C#Cc4ccc(C(F)(F)F)cc4)cc3)CC2)cc1. The van der Waals surface area contributed by atoms with Crippen LogP contribution < -0.4 is 0 Å². The number of halogens is 3. The van der Waals surface area contributed by atoms with Crippen molar-refractivity contribution in [2.75, 3.05) is 0 Å². The van der Waals surface area contributed by atoms with E-state index in [4.69, 9.17) is 0 Å². The highest BCUT2D eigenvalue weighted by molar-refractivity contribution is 5.44. The number of alkyl halides is 3. The van der Waals surface area contributed by atoms with Gasteiger partial charge in [0.05, 0.1) is 5.56 Å². The van der Waals surface area contributed by atoms with E-state index in [1.165, 1.54) is 54.5 Å². The molecule has 0 saturated heterocycles. The molecule has 4 rings (SSSR count). The van der Waals surface area contributed by atoms with Crippen molar-refractivity contribution in [1.82, 2.24) is 0 Å². The molecule has 0 unspecified atom stereocenters. The van der Waals surface area contributed by atoms with Gasteiger partial charge in [-0.2, -0.15) is 13.2 Å². The zero-order valence-electron chi connectivity index (χ0n) is 19.2. The number of benzene rings is 3. The summed E-state index contributed by atoms with van der Waals surface area (Å²) in [6.45, 7) is 3.80. The summed E-state index contributed by atoms with van der Waals surface area (Å²) in [7, 11) is 0. The van der Waals surface area contributed by atoms with E-state index in [0.29, 0.717) is 17.4 Å². The molecule has 0 spiro atoms. The molecule has 3 aromatic rings. The maximum absolute atomic E-state index is 12.7. The van der Waals surface area contributed by atoms with Crippen LogP contribution in [0.4, 0.5) is 13.2 Å². The average molecular weight is 459 g/mol. The molecule has 1 fully saturated rings. The van der Waals surface area contributed by atoms with Crippen LogP contribution in [-0.4, -0.2) is 0 Å². The Morgan fingerprint density at radius 3 is 1.59 bits per heavy atom. The number of allylic oxidation sites excluding steroid dienone is 1. The highest BCUT2D eigenvalue weighted by Crippen LogP contribution is 2.40. The topological polar surface area (TPSA) is 0 Å². The third kappa shape index (κ3) is 6.20. The molecule has 34 heavy (non-hydrogen) atoms. The third-order valence-corrected chi connectivity index (χ3v) is 6.76. The van der Waals surface area contributed by atoms with Crippen molar-refractivity contribution in [3.63, 3.8) is 0 Å². The van der Waals surface area contributed by atoms with Crippen LogP contribution >= 0.6 is 0 Å². The first-order chi connectivity index (χ1) is 16.4. The van der Waals surface area contributed by atoms with Gasteiger partial charge < -0.3 is 0 Å². The summed E-state index contributed by atoms with van der Waals surface area (Å²) in [4.78, 5) is 0. The van der Waals surface area contributed by atoms with Crippen molar-refractivity contribution in [3.05, 3.63) is 119 Å². The van der Waals surface area contributed by atoms with Crippen molar-refractivity contribution < 1.29 is 13.2 Å². The van der Waals surface area contributed by atoms with Crippen LogP contribution in [-0.2, 0) is 12.6 Å². The second-order valence-corrected chi connectivity index (χ2v) is 9.06. The Kier molecular flexibility index (Phi) is 7.58. The lowest BCUT2D eigenvalue weighted by molar-refractivity contribution is -0.137. The molecule has 1 aliphatic rings. The summed E-state index contributed by atoms with van der Waals surface area (Å²) in [6, 6.07) is 22.4. The molecule has 3 aromatic carbocycles. The monoisotopic (exact) mass is 458 g/mol. The van der Waals surface area contributed by atoms with Gasteiger partial charge in [-0.1, -0.05) is 54.3 Å². The lowest BCUT2D eigenvalue weighted by Gasteiger charge is -2.29. The van der Waals surface area contributed by atoms with Gasteiger partial charge >= 0.3 is 6.18 Å². The Morgan fingerprint density at radius 1 is 0.706 bits per heavy atom. The molecule has 0 N–H and O–H groups in total. The van der Waals surface area contributed by atoms with Gasteiger partial charge in [0, 0.05) is 11.1 Å². The molecule has 0 radical (unpaired) electrons. The van der Waals surface area contributed by atoms with Crippen molar-refractivity contribution >= 4 is 0 Å². The van der Waals surface area contributed by atoms with E-state index in [2.05, 4.69) is 54.8 Å². The quantitative estimate of drug-likeness (QED) is 0.265. The van der Waals surface area contributed by atoms with E-state index in [-0.39, 0.29) is 0 Å². The molecule has 0 aromatic heterocycles. The molecule has 0 heterocycles. The molecule has 0 amide bonds. The molecule has 3 heteroatoms. The molecule has 1 saturated carbocycles. The van der Waals surface area contributed by atoms with E-state index in [0.717, 1.165) is 30.5 Å². The highest BCUT2D eigenvalue weighted by atomic mass is 19.4. The molecule has 0 bridgehead atoms. The first-order valence-corrected chi connectivity index (χ1v) is 11.9. The summed E-state index contributed by atoms with van der Waals surface area (Å²) in [5.74, 6) is 7.22. The fourth-order valence-corrected chi connectivity index (χ4v) is 4.71. The zero-order valence-corrected chi connectivity index (χ0v) is 19.2. The number of rotatable bonds is 5. The first kappa shape index (κ1) is 23.9. The Bertz CT molecular complexity index is 1130. The van der Waals surface area contributed by atoms with Gasteiger partial charge in [0.15, 0.2) is 0 Å². The van der Waals surface area contributed by atoms with Crippen LogP contribution in [0.25, 0.3) is 0 Å². The minimum Gasteiger partial charge on any atom is -0.166 e. The third-order valence-electron chi connectivity index (χ3n) is 6.76. The Morgan fingerprint density at radius 2 is 1.15 bits per heavy atom. The second kappa shape index (κ2) is 10.8. The number of aryl methyl sites for hydroxylation is 1. The van der Waals surface area contributed by atoms with Crippen LogP contribution in [0, 0.1) is 11.8 Å². The minimum absolute atomic E-state index is 0.569. The highest BCUT2D eigenvalue weighted by Gasteiger charge is 2.29. The average Bonchev–Trinajstić information content (AvgIpc) is 2.87. The van der Waals surface area contributed by atoms with Crippen LogP contribution in [0.15, 0.2) is 85.5 Å². The normalized spacial score (nSPS) is 18.1. The Balaban J connectivity index is 1.32. The summed E-state index contributed by atoms with van der Waals surface area (Å²) in [5, 5.41) is 0. The maximum Gasteiger partial charge on any atom is 0.416 e. The van der Waals surface area contributed by atoms with Gasteiger partial charge in [-0.05, 0) is 103 Å². The number of hydrogen-bond acceptors (Lipinski definition) is 0. The van der Waals surface area contributed by atoms with E-state index in [9.17, 15) is 13.2 Å². The number of hydrogen-bond donors (Lipinski definition) is 0. The fourth-order valence-electron chi connectivity index (χ4n) is 4.71. The molecule has 0 nitrogen and oxygen atoms in total. The molecule has 0 aliphatic heterocycles. The summed E-state index contributed by atoms with van der Waals surface area (Å²) in [5.41, 5.74) is 4.96. The van der Waals surface area contributed by atoms with Crippen LogP contribution in [0.2, 0.25) is 0 Å². The van der Waals surface area contributed by atoms with Gasteiger partial charge in [0.25, 0.3) is 0 Å². The van der Waals surface area contributed by atoms with Crippen molar-refractivity contribution in [1.29, 1.82) is 0 Å². The van der Waals surface area contributed by atoms with Crippen LogP contribution in [0.1, 0.15) is 77.3 Å². The maximum atomic E-state index is 12.7. The predicted molar refractivity (Wildman–Crippen MR) is 133 cm³/mol. The molecule has 0 atom stereocenters. The largest absolute Gasteiger partial charge is 0.416 e. The first-order valence-electron chi connectivity index (χ1n) is 11.9. The minimum atomic E-state index is -4.32. The van der Waals surface area contributed by atoms with Crippen molar-refractivity contribution in [2.24, 2.45) is 0 Å². The second-order valence-electron chi connectivity index (χ2n) is 9.06.